The van der Waals surface area contributed by atoms with Crippen LogP contribution in [0.4, 0.5) is 0 Å². The maximum Gasteiger partial charge on any atom is 0.243 e. The highest BCUT2D eigenvalue weighted by Crippen LogP contribution is 2.27. The summed E-state index contributed by atoms with van der Waals surface area (Å²) in [5.41, 5.74) is 1.80. The second-order valence-electron chi connectivity index (χ2n) is 8.40. The number of fused-ring (bicyclic) bond motifs is 1. The van der Waals surface area contributed by atoms with E-state index in [9.17, 15) is 13.2 Å². The Hall–Kier alpha value is -2.84. The van der Waals surface area contributed by atoms with Crippen molar-refractivity contribution < 1.29 is 17.9 Å². The van der Waals surface area contributed by atoms with Crippen molar-refractivity contribution in [2.24, 2.45) is 0 Å². The van der Waals surface area contributed by atoms with Crippen LogP contribution in [0.3, 0.4) is 0 Å². The smallest absolute Gasteiger partial charge is 0.243 e. The number of piperidine rings is 1. The average Bonchev–Trinajstić information content (AvgIpc) is 3.27. The quantitative estimate of drug-likeness (QED) is 0.539. The predicted molar refractivity (Wildman–Crippen MR) is 129 cm³/mol. The number of benzene rings is 2. The van der Waals surface area contributed by atoms with E-state index in [1.807, 2.05) is 54.1 Å². The SMILES string of the molecule is CCC(C(=O)NCc1cccc(OC)c1)n1ccc2cc(S(=O)(=O)N3CCCCC3)ccc21. The van der Waals surface area contributed by atoms with Gasteiger partial charge in [0, 0.05) is 36.7 Å². The molecule has 8 heteroatoms. The molecular formula is C25H31N3O4S. The first kappa shape index (κ1) is 23.3. The molecule has 1 aliphatic rings. The zero-order chi connectivity index (χ0) is 23.4. The van der Waals surface area contributed by atoms with E-state index in [0.29, 0.717) is 31.0 Å². The highest BCUT2D eigenvalue weighted by molar-refractivity contribution is 7.89. The number of nitrogens with zero attached hydrogens (tertiary/aromatic N) is 2. The lowest BCUT2D eigenvalue weighted by Crippen LogP contribution is -2.35. The Balaban J connectivity index is 1.53. The van der Waals surface area contributed by atoms with Crippen LogP contribution in [0.5, 0.6) is 5.75 Å². The number of carbonyl (C=O) groups is 1. The first-order chi connectivity index (χ1) is 15.9. The molecule has 7 nitrogen and oxygen atoms in total. The highest BCUT2D eigenvalue weighted by atomic mass is 32.2. The molecule has 1 fully saturated rings. The zero-order valence-corrected chi connectivity index (χ0v) is 20.0. The van der Waals surface area contributed by atoms with Crippen molar-refractivity contribution in [1.29, 1.82) is 0 Å². The number of methoxy groups -OCH3 is 1. The average molecular weight is 470 g/mol. The van der Waals surface area contributed by atoms with Gasteiger partial charge in [-0.05, 0) is 61.2 Å². The molecule has 1 N–H and O–H groups in total. The summed E-state index contributed by atoms with van der Waals surface area (Å²) in [6.45, 7) is 3.53. The zero-order valence-electron chi connectivity index (χ0n) is 19.2. The van der Waals surface area contributed by atoms with Gasteiger partial charge in [0.15, 0.2) is 0 Å². The molecule has 0 saturated carbocycles. The Morgan fingerprint density at radius 1 is 1.09 bits per heavy atom. The molecule has 4 rings (SSSR count). The lowest BCUT2D eigenvalue weighted by atomic mass is 10.1. The molecule has 0 spiro atoms. The molecule has 1 atom stereocenters. The number of nitrogens with one attached hydrogen (secondary N) is 1. The van der Waals surface area contributed by atoms with Gasteiger partial charge < -0.3 is 14.6 Å². The van der Waals surface area contributed by atoms with E-state index in [2.05, 4.69) is 5.32 Å². The Bertz CT molecular complexity index is 1230. The van der Waals surface area contributed by atoms with Crippen LogP contribution < -0.4 is 10.1 Å². The lowest BCUT2D eigenvalue weighted by Gasteiger charge is -2.26. The van der Waals surface area contributed by atoms with E-state index >= 15 is 0 Å². The van der Waals surface area contributed by atoms with Crippen molar-refractivity contribution in [1.82, 2.24) is 14.2 Å². The predicted octanol–water partition coefficient (Wildman–Crippen LogP) is 4.09. The molecule has 0 aliphatic carbocycles. The Morgan fingerprint density at radius 3 is 2.61 bits per heavy atom. The summed E-state index contributed by atoms with van der Waals surface area (Å²) in [5.74, 6) is 0.670. The molecule has 2 heterocycles. The van der Waals surface area contributed by atoms with Crippen molar-refractivity contribution in [3.63, 3.8) is 0 Å². The molecule has 1 aliphatic heterocycles. The molecule has 0 bridgehead atoms. The topological polar surface area (TPSA) is 80.6 Å². The summed E-state index contributed by atoms with van der Waals surface area (Å²) in [5, 5.41) is 3.83. The van der Waals surface area contributed by atoms with Crippen LogP contribution in [0.1, 0.15) is 44.2 Å². The van der Waals surface area contributed by atoms with Crippen molar-refractivity contribution in [3.8, 4) is 5.75 Å². The normalized spacial score (nSPS) is 15.9. The van der Waals surface area contributed by atoms with Gasteiger partial charge in [0.05, 0.1) is 12.0 Å². The summed E-state index contributed by atoms with van der Waals surface area (Å²) < 4.78 is 34.8. The van der Waals surface area contributed by atoms with Crippen molar-refractivity contribution >= 4 is 26.8 Å². The number of hydrogen-bond acceptors (Lipinski definition) is 4. The first-order valence-electron chi connectivity index (χ1n) is 11.5. The third-order valence-corrected chi connectivity index (χ3v) is 8.17. The summed E-state index contributed by atoms with van der Waals surface area (Å²) in [4.78, 5) is 13.3. The lowest BCUT2D eigenvalue weighted by molar-refractivity contribution is -0.124. The van der Waals surface area contributed by atoms with E-state index in [0.717, 1.165) is 41.5 Å². The molecule has 1 aromatic heterocycles. The number of aromatic nitrogens is 1. The molecule has 33 heavy (non-hydrogen) atoms. The van der Waals surface area contributed by atoms with Crippen LogP contribution in [-0.4, -0.2) is 43.4 Å². The minimum Gasteiger partial charge on any atom is -0.497 e. The fourth-order valence-electron chi connectivity index (χ4n) is 4.43. The van der Waals surface area contributed by atoms with E-state index in [-0.39, 0.29) is 5.91 Å². The highest BCUT2D eigenvalue weighted by Gasteiger charge is 2.27. The molecule has 1 unspecified atom stereocenters. The van der Waals surface area contributed by atoms with Gasteiger partial charge in [-0.25, -0.2) is 8.42 Å². The molecule has 0 radical (unpaired) electrons. The van der Waals surface area contributed by atoms with Crippen LogP contribution in [0.15, 0.2) is 59.6 Å². The van der Waals surface area contributed by atoms with Gasteiger partial charge in [-0.3, -0.25) is 4.79 Å². The third-order valence-electron chi connectivity index (χ3n) is 6.27. The van der Waals surface area contributed by atoms with Crippen LogP contribution in [0.25, 0.3) is 10.9 Å². The van der Waals surface area contributed by atoms with Crippen molar-refractivity contribution in [3.05, 3.63) is 60.3 Å². The number of hydrogen-bond donors (Lipinski definition) is 1. The number of rotatable bonds is 8. The van der Waals surface area contributed by atoms with E-state index < -0.39 is 16.1 Å². The Morgan fingerprint density at radius 2 is 1.88 bits per heavy atom. The van der Waals surface area contributed by atoms with Gasteiger partial charge in [0.2, 0.25) is 15.9 Å². The van der Waals surface area contributed by atoms with Crippen molar-refractivity contribution in [2.45, 2.75) is 50.1 Å². The molecule has 1 saturated heterocycles. The molecule has 3 aromatic rings. The fraction of sp³-hybridized carbons (Fsp3) is 0.400. The minimum atomic E-state index is -3.50. The standard InChI is InChI=1S/C25H31N3O4S/c1-3-23(25(29)26-18-19-8-7-9-21(16-19)32-2)28-15-12-20-17-22(10-11-24(20)28)33(30,31)27-13-5-4-6-14-27/h7-12,15-17,23H,3-6,13-14,18H2,1-2H3,(H,26,29). The maximum atomic E-state index is 13.0. The number of ether oxygens (including phenoxy) is 1. The van der Waals surface area contributed by atoms with Crippen molar-refractivity contribution in [2.75, 3.05) is 20.2 Å². The number of sulfonamides is 1. The molecule has 1 amide bonds. The van der Waals surface area contributed by atoms with Crippen LogP contribution in [-0.2, 0) is 21.4 Å². The maximum absolute atomic E-state index is 13.0. The van der Waals surface area contributed by atoms with Gasteiger partial charge in [-0.1, -0.05) is 25.5 Å². The van der Waals surface area contributed by atoms with Gasteiger partial charge in [0.1, 0.15) is 11.8 Å². The summed E-state index contributed by atoms with van der Waals surface area (Å²) in [6, 6.07) is 14.3. The largest absolute Gasteiger partial charge is 0.497 e. The number of amides is 1. The monoisotopic (exact) mass is 469 g/mol. The van der Waals surface area contributed by atoms with Gasteiger partial charge >= 0.3 is 0 Å². The van der Waals surface area contributed by atoms with Crippen LogP contribution in [0.2, 0.25) is 0 Å². The van der Waals surface area contributed by atoms with Crippen LogP contribution in [0, 0.1) is 0 Å². The summed E-state index contributed by atoms with van der Waals surface area (Å²) in [6.07, 6.45) is 5.36. The minimum absolute atomic E-state index is 0.0807. The molecular weight excluding hydrogens is 438 g/mol. The first-order valence-corrected chi connectivity index (χ1v) is 12.9. The van der Waals surface area contributed by atoms with E-state index in [1.54, 1.807) is 23.5 Å². The Kier molecular flexibility index (Phi) is 7.05. The van der Waals surface area contributed by atoms with Gasteiger partial charge in [-0.15, -0.1) is 0 Å². The third kappa shape index (κ3) is 4.91. The number of carbonyl (C=O) groups excluding carboxylic acids is 1. The van der Waals surface area contributed by atoms with Gasteiger partial charge in [-0.2, -0.15) is 4.31 Å². The van der Waals surface area contributed by atoms with E-state index in [4.69, 9.17) is 4.74 Å². The second-order valence-corrected chi connectivity index (χ2v) is 10.3. The van der Waals surface area contributed by atoms with E-state index in [1.165, 1.54) is 0 Å². The van der Waals surface area contributed by atoms with Gasteiger partial charge in [0.25, 0.3) is 0 Å². The fourth-order valence-corrected chi connectivity index (χ4v) is 5.98. The van der Waals surface area contributed by atoms with Crippen LogP contribution >= 0.6 is 0 Å². The summed E-state index contributed by atoms with van der Waals surface area (Å²) >= 11 is 0. The summed E-state index contributed by atoms with van der Waals surface area (Å²) in [7, 11) is -1.88. The Labute approximate surface area is 195 Å². The molecule has 176 valence electrons. The second kappa shape index (κ2) is 9.97. The molecule has 2 aromatic carbocycles.